The van der Waals surface area contributed by atoms with E-state index in [0.717, 1.165) is 69.2 Å². The molecule has 2 aliphatic heterocycles. The Kier molecular flexibility index (Phi) is 9.42. The molecule has 3 aliphatic rings. The van der Waals surface area contributed by atoms with E-state index >= 15 is 0 Å². The average Bonchev–Trinajstić information content (AvgIpc) is 3.66. The number of nitrogens with zero attached hydrogens (tertiary/aromatic N) is 2. The molecular weight excluding hydrogens is 677 g/mol. The second kappa shape index (κ2) is 13.9. The van der Waals surface area contributed by atoms with E-state index in [1.807, 2.05) is 0 Å². The number of ether oxygens (including phenoxy) is 2. The second-order valence-corrected chi connectivity index (χ2v) is 15.8. The summed E-state index contributed by atoms with van der Waals surface area (Å²) < 4.78 is 12.7. The van der Waals surface area contributed by atoms with Gasteiger partial charge in [0.15, 0.2) is 0 Å². The highest BCUT2D eigenvalue weighted by Gasteiger charge is 2.40. The minimum atomic E-state index is -0.343. The van der Waals surface area contributed by atoms with E-state index < -0.39 is 0 Å². The fourth-order valence-corrected chi connectivity index (χ4v) is 8.32. The smallest absolute Gasteiger partial charge is 0.258 e. The largest absolute Gasteiger partial charge is 0.457 e. The molecule has 0 N–H and O–H groups in total. The molecule has 54 heavy (non-hydrogen) atoms. The molecule has 4 aromatic rings. The molecule has 0 atom stereocenters. The van der Waals surface area contributed by atoms with Crippen LogP contribution in [0.15, 0.2) is 97.1 Å². The first-order valence-electron chi connectivity index (χ1n) is 18.6. The van der Waals surface area contributed by atoms with E-state index in [2.05, 4.69) is 72.7 Å². The number of carbonyl (C=O) groups is 4. The maximum atomic E-state index is 12.1. The predicted octanol–water partition coefficient (Wildman–Crippen LogP) is 9.79. The van der Waals surface area contributed by atoms with Gasteiger partial charge < -0.3 is 9.47 Å². The van der Waals surface area contributed by atoms with Crippen LogP contribution in [0.2, 0.25) is 0 Å². The Hall–Kier alpha value is -5.76. The van der Waals surface area contributed by atoms with Gasteiger partial charge in [-0.25, -0.2) is 9.80 Å². The fraction of sp³-hybridized carbons (Fsp3) is 0.304. The first-order chi connectivity index (χ1) is 25.6. The Morgan fingerprint density at radius 1 is 0.574 bits per heavy atom. The van der Waals surface area contributed by atoms with E-state index in [1.54, 1.807) is 48.5 Å². The van der Waals surface area contributed by atoms with Gasteiger partial charge in [0.2, 0.25) is 0 Å². The van der Waals surface area contributed by atoms with Crippen molar-refractivity contribution in [3.63, 3.8) is 0 Å². The van der Waals surface area contributed by atoms with Crippen LogP contribution in [0.5, 0.6) is 23.0 Å². The third kappa shape index (κ3) is 6.77. The van der Waals surface area contributed by atoms with E-state index in [4.69, 9.17) is 9.47 Å². The van der Waals surface area contributed by atoms with E-state index in [1.165, 1.54) is 35.4 Å². The van der Waals surface area contributed by atoms with Gasteiger partial charge in [-0.15, -0.1) is 0 Å². The molecule has 1 saturated carbocycles. The highest BCUT2D eigenvalue weighted by atomic mass is 16.5. The van der Waals surface area contributed by atoms with Crippen molar-refractivity contribution < 1.29 is 28.7 Å². The van der Waals surface area contributed by atoms with Crippen LogP contribution in [-0.2, 0) is 30.0 Å². The normalized spacial score (nSPS) is 20.0. The van der Waals surface area contributed by atoms with Gasteiger partial charge in [0.1, 0.15) is 23.0 Å². The number of aryl methyl sites for hydroxylation is 4. The number of carbonyl (C=O) groups excluding carboxylic acids is 4. The van der Waals surface area contributed by atoms with Gasteiger partial charge in [-0.05, 0) is 152 Å². The molecule has 7 rings (SSSR count). The predicted molar refractivity (Wildman–Crippen MR) is 210 cm³/mol. The molecule has 0 aromatic heterocycles. The van der Waals surface area contributed by atoms with Crippen LogP contribution in [-0.4, -0.2) is 23.6 Å². The molecule has 0 spiro atoms. The first-order valence-corrected chi connectivity index (χ1v) is 18.6. The molecule has 4 aromatic carbocycles. The molecular formula is C46H46N2O6. The first kappa shape index (κ1) is 36.6. The Balaban J connectivity index is 1.00. The van der Waals surface area contributed by atoms with E-state index in [9.17, 15) is 19.2 Å². The highest BCUT2D eigenvalue weighted by molar-refractivity contribution is 6.28. The maximum absolute atomic E-state index is 12.1. The van der Waals surface area contributed by atoms with Gasteiger partial charge in [0, 0.05) is 24.3 Å². The van der Waals surface area contributed by atoms with Crippen LogP contribution in [0.3, 0.4) is 0 Å². The molecule has 0 radical (unpaired) electrons. The van der Waals surface area contributed by atoms with Crippen molar-refractivity contribution in [2.75, 3.05) is 9.80 Å². The van der Waals surface area contributed by atoms with Gasteiger partial charge in [0.25, 0.3) is 23.6 Å². The summed E-state index contributed by atoms with van der Waals surface area (Å²) in [5.74, 6) is 2.07. The van der Waals surface area contributed by atoms with Crippen LogP contribution >= 0.6 is 0 Å². The van der Waals surface area contributed by atoms with Crippen molar-refractivity contribution in [2.45, 2.75) is 85.0 Å². The van der Waals surface area contributed by atoms with Crippen molar-refractivity contribution >= 4 is 35.0 Å². The van der Waals surface area contributed by atoms with Crippen molar-refractivity contribution in [1.82, 2.24) is 0 Å². The summed E-state index contributed by atoms with van der Waals surface area (Å²) in [7, 11) is 0. The molecule has 1 fully saturated rings. The molecule has 1 aliphatic carbocycles. The van der Waals surface area contributed by atoms with Crippen molar-refractivity contribution in [1.29, 1.82) is 0 Å². The van der Waals surface area contributed by atoms with Crippen LogP contribution in [0.25, 0.3) is 0 Å². The van der Waals surface area contributed by atoms with Gasteiger partial charge in [-0.1, -0.05) is 45.0 Å². The lowest BCUT2D eigenvalue weighted by Crippen LogP contribution is -2.37. The molecule has 0 unspecified atom stereocenters. The van der Waals surface area contributed by atoms with Crippen molar-refractivity contribution in [3.8, 4) is 23.0 Å². The number of hydrogen-bond acceptors (Lipinski definition) is 6. The zero-order valence-corrected chi connectivity index (χ0v) is 32.0. The topological polar surface area (TPSA) is 93.2 Å². The summed E-state index contributed by atoms with van der Waals surface area (Å²) in [5.41, 5.74) is 7.98. The molecule has 2 heterocycles. The lowest BCUT2D eigenvalue weighted by Gasteiger charge is -2.44. The van der Waals surface area contributed by atoms with Gasteiger partial charge >= 0.3 is 0 Å². The summed E-state index contributed by atoms with van der Waals surface area (Å²) in [6.07, 6.45) is 9.52. The van der Waals surface area contributed by atoms with Crippen LogP contribution in [0, 0.1) is 33.6 Å². The number of anilines is 2. The number of amides is 4. The average molecular weight is 723 g/mol. The highest BCUT2D eigenvalue weighted by Crippen LogP contribution is 2.49. The summed E-state index contributed by atoms with van der Waals surface area (Å²) in [6.45, 7) is 15.5. The summed E-state index contributed by atoms with van der Waals surface area (Å²) >= 11 is 0. The van der Waals surface area contributed by atoms with Crippen molar-refractivity contribution in [3.05, 3.63) is 130 Å². The maximum Gasteiger partial charge on any atom is 0.258 e. The number of hydrogen-bond donors (Lipinski definition) is 0. The standard InChI is InChI=1S/C46H46N2O6/c1-28-24-33(25-29(2)43(28)53-37-12-8-35(9-13-37)47-39(49)16-17-40(47)50)45(5,6)32-20-22-46(7,23-21-32)34-26-30(3)44(31(4)27-34)54-38-14-10-36(11-15-38)48-41(51)18-19-42(48)52/h8-19,24-27,32H,20-23H2,1-7H3. The SMILES string of the molecule is Cc1cc(C2(C)CCC(C(C)(C)c3cc(C)c(Oc4ccc(N5C(=O)C=CC5=O)cc4)c(C)c3)CC2)cc(C)c1Oc1ccc(N2C(=O)C=CC2=O)cc1. The van der Waals surface area contributed by atoms with Crippen LogP contribution < -0.4 is 19.3 Å². The quantitative estimate of drug-likeness (QED) is 0.160. The Labute approximate surface area is 317 Å². The minimum Gasteiger partial charge on any atom is -0.457 e. The summed E-state index contributed by atoms with van der Waals surface area (Å²) in [5, 5.41) is 0. The minimum absolute atomic E-state index is 0.0369. The second-order valence-electron chi connectivity index (χ2n) is 15.8. The van der Waals surface area contributed by atoms with E-state index in [-0.39, 0.29) is 34.5 Å². The van der Waals surface area contributed by atoms with Crippen LogP contribution in [0.1, 0.15) is 79.8 Å². The lowest BCUT2D eigenvalue weighted by atomic mass is 9.60. The molecule has 276 valence electrons. The Morgan fingerprint density at radius 3 is 1.30 bits per heavy atom. The molecule has 8 nitrogen and oxygen atoms in total. The molecule has 8 heteroatoms. The van der Waals surface area contributed by atoms with E-state index in [0.29, 0.717) is 28.8 Å². The summed E-state index contributed by atoms with van der Waals surface area (Å²) in [6, 6.07) is 23.1. The summed E-state index contributed by atoms with van der Waals surface area (Å²) in [4.78, 5) is 50.6. The zero-order valence-electron chi connectivity index (χ0n) is 32.0. The molecule has 4 amide bonds. The third-order valence-corrected chi connectivity index (χ3v) is 11.7. The van der Waals surface area contributed by atoms with Crippen LogP contribution in [0.4, 0.5) is 11.4 Å². The zero-order chi connectivity index (χ0) is 38.5. The fourth-order valence-electron chi connectivity index (χ4n) is 8.32. The Morgan fingerprint density at radius 2 is 0.926 bits per heavy atom. The van der Waals surface area contributed by atoms with Crippen molar-refractivity contribution in [2.24, 2.45) is 5.92 Å². The Bertz CT molecular complexity index is 2160. The van der Waals surface area contributed by atoms with Gasteiger partial charge in [0.05, 0.1) is 11.4 Å². The molecule has 0 saturated heterocycles. The van der Waals surface area contributed by atoms with Gasteiger partial charge in [-0.2, -0.15) is 0 Å². The monoisotopic (exact) mass is 722 g/mol. The number of imide groups is 2. The third-order valence-electron chi connectivity index (χ3n) is 11.7. The molecule has 0 bridgehead atoms. The number of benzene rings is 4. The number of rotatable bonds is 9. The lowest BCUT2D eigenvalue weighted by molar-refractivity contribution is -0.121. The van der Waals surface area contributed by atoms with Gasteiger partial charge in [-0.3, -0.25) is 19.2 Å².